The number of fused-ring (bicyclic) bond motifs is 2. The van der Waals surface area contributed by atoms with Gasteiger partial charge in [-0.15, -0.1) is 11.3 Å². The number of carbonyl (C=O) groups is 1. The number of aromatic nitrogens is 2. The maximum absolute atomic E-state index is 13.7. The van der Waals surface area contributed by atoms with Gasteiger partial charge in [0.25, 0.3) is 0 Å². The summed E-state index contributed by atoms with van der Waals surface area (Å²) in [6, 6.07) is 4.12. The molecule has 1 fully saturated rings. The van der Waals surface area contributed by atoms with Crippen molar-refractivity contribution >= 4 is 33.7 Å². The van der Waals surface area contributed by atoms with E-state index in [1.54, 1.807) is 6.07 Å². The number of hydrogen-bond donors (Lipinski definition) is 2. The second kappa shape index (κ2) is 9.66. The number of thiophene rings is 1. The van der Waals surface area contributed by atoms with E-state index in [1.807, 2.05) is 6.92 Å². The molecule has 0 bridgehead atoms. The van der Waals surface area contributed by atoms with Crippen LogP contribution in [-0.2, 0) is 11.8 Å². The van der Waals surface area contributed by atoms with Gasteiger partial charge in [-0.1, -0.05) is 11.6 Å². The molecule has 1 saturated heterocycles. The lowest BCUT2D eigenvalue weighted by Gasteiger charge is -2.42. The van der Waals surface area contributed by atoms with Crippen molar-refractivity contribution in [1.82, 2.24) is 14.9 Å². The number of nitrogens with zero attached hydrogens (tertiary/aromatic N) is 4. The van der Waals surface area contributed by atoms with E-state index in [9.17, 15) is 10.1 Å². The quantitative estimate of drug-likeness (QED) is 0.434. The van der Waals surface area contributed by atoms with Crippen molar-refractivity contribution < 1.29 is 9.53 Å². The molecule has 36 heavy (non-hydrogen) atoms. The summed E-state index contributed by atoms with van der Waals surface area (Å²) in [4.78, 5) is 25.8. The highest BCUT2D eigenvalue weighted by atomic mass is 35.5. The molecule has 2 aromatic rings. The third-order valence-corrected chi connectivity index (χ3v) is 9.32. The number of ketones is 1. The van der Waals surface area contributed by atoms with Crippen LogP contribution in [0.4, 0.5) is 5.00 Å². The summed E-state index contributed by atoms with van der Waals surface area (Å²) in [5.74, 6) is -0.0626. The van der Waals surface area contributed by atoms with Crippen LogP contribution in [0.2, 0.25) is 5.15 Å². The van der Waals surface area contributed by atoms with Gasteiger partial charge in [0, 0.05) is 33.7 Å². The molecule has 3 aliphatic rings. The number of ether oxygens (including phenoxy) is 1. The largest absolute Gasteiger partial charge is 0.473 e. The lowest BCUT2D eigenvalue weighted by Crippen LogP contribution is -2.41. The highest BCUT2D eigenvalue weighted by Gasteiger charge is 2.46. The number of carbonyl (C=O) groups excluding carboxylic acids is 1. The lowest BCUT2D eigenvalue weighted by atomic mass is 9.62. The van der Waals surface area contributed by atoms with Crippen LogP contribution in [0.25, 0.3) is 0 Å². The van der Waals surface area contributed by atoms with Gasteiger partial charge in [-0.05, 0) is 77.4 Å². The number of likely N-dealkylation sites (tertiary alicyclic amines) is 1. The Hall–Kier alpha value is -2.67. The number of Topliss-reactive ketones (excluding diaryl/α,β-unsaturated/α-hetero) is 1. The Morgan fingerprint density at radius 1 is 1.31 bits per heavy atom. The number of allylic oxidation sites excluding steroid dienone is 2. The summed E-state index contributed by atoms with van der Waals surface area (Å²) in [7, 11) is 2.09. The van der Waals surface area contributed by atoms with Crippen molar-refractivity contribution in [2.75, 3.05) is 19.3 Å². The van der Waals surface area contributed by atoms with E-state index in [0.717, 1.165) is 61.9 Å². The maximum Gasteiger partial charge on any atom is 0.228 e. The van der Waals surface area contributed by atoms with Gasteiger partial charge in [0.1, 0.15) is 22.3 Å². The first-order chi connectivity index (χ1) is 17.2. The molecule has 3 atom stereocenters. The predicted molar refractivity (Wildman–Crippen MR) is 140 cm³/mol. The van der Waals surface area contributed by atoms with Gasteiger partial charge in [-0.2, -0.15) is 10.2 Å². The fourth-order valence-electron chi connectivity index (χ4n) is 6.34. The topological polar surface area (TPSA) is 131 Å². The van der Waals surface area contributed by atoms with Crippen molar-refractivity contribution in [3.63, 3.8) is 0 Å². The first-order valence-corrected chi connectivity index (χ1v) is 13.7. The fourth-order valence-corrected chi connectivity index (χ4v) is 7.67. The Kier molecular flexibility index (Phi) is 6.70. The molecule has 10 heteroatoms. The second-order valence-corrected chi connectivity index (χ2v) is 11.7. The zero-order valence-electron chi connectivity index (χ0n) is 20.6. The molecule has 0 aromatic carbocycles. The molecule has 0 saturated carbocycles. The van der Waals surface area contributed by atoms with Crippen LogP contribution in [0.1, 0.15) is 78.5 Å². The average Bonchev–Trinajstić information content (AvgIpc) is 3.42. The fraction of sp³-hybridized carbons (Fsp3) is 0.538. The number of nitrogens with two attached hydrogens (primary N) is 2. The van der Waals surface area contributed by atoms with Crippen molar-refractivity contribution in [1.29, 1.82) is 5.26 Å². The third-order valence-electron chi connectivity index (χ3n) is 8.05. The Labute approximate surface area is 220 Å². The Bertz CT molecular complexity index is 1280. The Morgan fingerprint density at radius 2 is 2.06 bits per heavy atom. The SMILES string of the molecule is C[C@H](Oc1cc(Cl)nc(C(=O)C2=C(N)[C@@]3(CCC2)CCCc2sc(N)c(C#N)c23)n1)[C@@H]1CCCN1C. The van der Waals surface area contributed by atoms with Gasteiger partial charge < -0.3 is 16.2 Å². The first kappa shape index (κ1) is 25.0. The molecule has 1 spiro atoms. The lowest BCUT2D eigenvalue weighted by molar-refractivity contribution is 0.0998. The highest BCUT2D eigenvalue weighted by Crippen LogP contribution is 2.53. The van der Waals surface area contributed by atoms with Crippen molar-refractivity contribution in [3.05, 3.63) is 44.3 Å². The van der Waals surface area contributed by atoms with Gasteiger partial charge in [0.05, 0.1) is 5.56 Å². The van der Waals surface area contributed by atoms with Gasteiger partial charge in [0.15, 0.2) is 0 Å². The van der Waals surface area contributed by atoms with Gasteiger partial charge >= 0.3 is 0 Å². The minimum atomic E-state index is -0.560. The van der Waals surface area contributed by atoms with E-state index >= 15 is 0 Å². The van der Waals surface area contributed by atoms with E-state index in [0.29, 0.717) is 28.3 Å². The van der Waals surface area contributed by atoms with Gasteiger partial charge in [-0.3, -0.25) is 9.69 Å². The molecule has 0 amide bonds. The smallest absolute Gasteiger partial charge is 0.228 e. The van der Waals surface area contributed by atoms with E-state index < -0.39 is 5.41 Å². The maximum atomic E-state index is 13.7. The van der Waals surface area contributed by atoms with Crippen LogP contribution in [0.3, 0.4) is 0 Å². The summed E-state index contributed by atoms with van der Waals surface area (Å²) in [5.41, 5.74) is 14.9. The summed E-state index contributed by atoms with van der Waals surface area (Å²) >= 11 is 7.77. The van der Waals surface area contributed by atoms with Gasteiger partial charge in [0.2, 0.25) is 17.5 Å². The van der Waals surface area contributed by atoms with Crippen LogP contribution < -0.4 is 16.2 Å². The van der Waals surface area contributed by atoms with E-state index in [-0.39, 0.29) is 34.8 Å². The molecule has 0 unspecified atom stereocenters. The van der Waals surface area contributed by atoms with Crippen LogP contribution in [0, 0.1) is 11.3 Å². The van der Waals surface area contributed by atoms with Crippen molar-refractivity contribution in [3.8, 4) is 11.9 Å². The number of likely N-dealkylation sites (N-methyl/N-ethyl adjacent to an activating group) is 1. The number of nitriles is 1. The standard InChI is InChI=1S/C26H31ClN6O2S/c1-14(17-7-5-11-33(17)2)35-20-12-19(27)31-25(32-20)22(34)15-6-3-9-26(23(15)29)10-4-8-18-21(26)16(13-28)24(30)36-18/h12,14,17H,3-11,29-30H2,1-2H3/t14-,17-,26-/m0/s1. The average molecular weight is 527 g/mol. The number of nitrogen functional groups attached to an aromatic ring is 1. The summed E-state index contributed by atoms with van der Waals surface area (Å²) in [5, 5.41) is 10.5. The minimum absolute atomic E-state index is 0.0131. The monoisotopic (exact) mass is 526 g/mol. The molecule has 1 aliphatic heterocycles. The van der Waals surface area contributed by atoms with E-state index in [1.165, 1.54) is 11.3 Å². The summed E-state index contributed by atoms with van der Waals surface area (Å²) < 4.78 is 6.12. The van der Waals surface area contributed by atoms with Gasteiger partial charge in [-0.25, -0.2) is 4.98 Å². The number of halogens is 1. The second-order valence-electron chi connectivity index (χ2n) is 10.1. The molecule has 3 heterocycles. The van der Waals surface area contributed by atoms with Crippen molar-refractivity contribution in [2.45, 2.75) is 75.9 Å². The van der Waals surface area contributed by atoms with E-state index in [4.69, 9.17) is 27.8 Å². The Morgan fingerprint density at radius 3 is 2.75 bits per heavy atom. The molecular formula is C26H31ClN6O2S. The first-order valence-electron chi connectivity index (χ1n) is 12.5. The van der Waals surface area contributed by atoms with Crippen LogP contribution in [-0.4, -0.2) is 46.4 Å². The molecule has 5 rings (SSSR count). The molecule has 190 valence electrons. The molecular weight excluding hydrogens is 496 g/mol. The number of rotatable bonds is 5. The molecule has 2 aliphatic carbocycles. The normalized spacial score (nSPS) is 25.0. The third kappa shape index (κ3) is 4.15. The number of hydrogen-bond acceptors (Lipinski definition) is 9. The Balaban J connectivity index is 1.50. The highest BCUT2D eigenvalue weighted by molar-refractivity contribution is 7.16. The molecule has 4 N–H and O–H groups in total. The molecule has 2 aromatic heterocycles. The van der Waals surface area contributed by atoms with Crippen LogP contribution in [0.5, 0.6) is 5.88 Å². The zero-order valence-corrected chi connectivity index (χ0v) is 22.2. The number of anilines is 1. The van der Waals surface area contributed by atoms with Crippen molar-refractivity contribution in [2.24, 2.45) is 5.73 Å². The number of aryl methyl sites for hydroxylation is 1. The predicted octanol–water partition coefficient (Wildman–Crippen LogP) is 4.36. The summed E-state index contributed by atoms with van der Waals surface area (Å²) in [6.07, 6.45) is 6.74. The van der Waals surface area contributed by atoms with Crippen LogP contribution >= 0.6 is 22.9 Å². The van der Waals surface area contributed by atoms with Crippen LogP contribution in [0.15, 0.2) is 17.3 Å². The summed E-state index contributed by atoms with van der Waals surface area (Å²) in [6.45, 7) is 3.04. The van der Waals surface area contributed by atoms with E-state index in [2.05, 4.69) is 28.0 Å². The molecule has 0 radical (unpaired) electrons. The zero-order chi connectivity index (χ0) is 25.6. The molecule has 8 nitrogen and oxygen atoms in total. The minimum Gasteiger partial charge on any atom is -0.473 e.